The number of benzene rings is 1. The number of rotatable bonds is 4. The molecule has 1 aromatic rings. The SMILES string of the molecule is CC(=O)CC[C@@H](C)c1ccccc1. The monoisotopic (exact) mass is 176 g/mol. The quantitative estimate of drug-likeness (QED) is 0.688. The number of carbonyl (C=O) groups is 1. The first kappa shape index (κ1) is 9.97. The fraction of sp³-hybridized carbons (Fsp3) is 0.417. The van der Waals surface area contributed by atoms with Crippen LogP contribution in [0.4, 0.5) is 0 Å². The van der Waals surface area contributed by atoms with Crippen LogP contribution in [0, 0.1) is 0 Å². The molecule has 0 N–H and O–H groups in total. The van der Waals surface area contributed by atoms with Crippen LogP contribution in [-0.2, 0) is 4.79 Å². The summed E-state index contributed by atoms with van der Waals surface area (Å²) < 4.78 is 0. The molecule has 0 saturated heterocycles. The van der Waals surface area contributed by atoms with Crippen LogP contribution in [0.5, 0.6) is 0 Å². The highest BCUT2D eigenvalue weighted by Gasteiger charge is 2.05. The highest BCUT2D eigenvalue weighted by atomic mass is 16.1. The van der Waals surface area contributed by atoms with Gasteiger partial charge in [0.1, 0.15) is 5.78 Å². The van der Waals surface area contributed by atoms with Crippen molar-refractivity contribution in [2.75, 3.05) is 0 Å². The Hall–Kier alpha value is -1.11. The molecule has 0 aliphatic rings. The van der Waals surface area contributed by atoms with E-state index in [1.807, 2.05) is 18.2 Å². The van der Waals surface area contributed by atoms with E-state index in [9.17, 15) is 4.79 Å². The first-order valence-corrected chi connectivity index (χ1v) is 4.74. The van der Waals surface area contributed by atoms with Crippen molar-refractivity contribution in [2.45, 2.75) is 32.6 Å². The van der Waals surface area contributed by atoms with Crippen LogP contribution in [0.25, 0.3) is 0 Å². The van der Waals surface area contributed by atoms with Gasteiger partial charge in [-0.3, -0.25) is 0 Å². The molecule has 1 nitrogen and oxygen atoms in total. The molecule has 0 aliphatic heterocycles. The summed E-state index contributed by atoms with van der Waals surface area (Å²) in [5, 5.41) is 0. The van der Waals surface area contributed by atoms with E-state index in [0.29, 0.717) is 12.3 Å². The lowest BCUT2D eigenvalue weighted by Crippen LogP contribution is -1.97. The van der Waals surface area contributed by atoms with Crippen molar-refractivity contribution in [2.24, 2.45) is 0 Å². The average Bonchev–Trinajstić information content (AvgIpc) is 2.15. The Balaban J connectivity index is 2.49. The maximum Gasteiger partial charge on any atom is 0.129 e. The molecule has 1 rings (SSSR count). The Morgan fingerprint density at radius 3 is 2.46 bits per heavy atom. The average molecular weight is 176 g/mol. The van der Waals surface area contributed by atoms with E-state index in [-0.39, 0.29) is 5.78 Å². The summed E-state index contributed by atoms with van der Waals surface area (Å²) in [6.45, 7) is 3.82. The van der Waals surface area contributed by atoms with Crippen molar-refractivity contribution in [3.8, 4) is 0 Å². The van der Waals surface area contributed by atoms with Crippen LogP contribution in [-0.4, -0.2) is 5.78 Å². The molecule has 0 aromatic heterocycles. The molecule has 0 saturated carbocycles. The fourth-order valence-electron chi connectivity index (χ4n) is 1.37. The maximum absolute atomic E-state index is 10.8. The molecular formula is C12H16O. The number of carbonyl (C=O) groups excluding carboxylic acids is 1. The molecule has 0 unspecified atom stereocenters. The second-order valence-corrected chi connectivity index (χ2v) is 3.55. The lowest BCUT2D eigenvalue weighted by Gasteiger charge is -2.09. The zero-order chi connectivity index (χ0) is 9.68. The number of ketones is 1. The summed E-state index contributed by atoms with van der Waals surface area (Å²) in [6, 6.07) is 10.3. The van der Waals surface area contributed by atoms with E-state index in [4.69, 9.17) is 0 Å². The van der Waals surface area contributed by atoms with Gasteiger partial charge in [-0.15, -0.1) is 0 Å². The molecule has 0 fully saturated rings. The van der Waals surface area contributed by atoms with Gasteiger partial charge >= 0.3 is 0 Å². The molecule has 13 heavy (non-hydrogen) atoms. The number of hydrogen-bond donors (Lipinski definition) is 0. The Labute approximate surface area is 79.8 Å². The Kier molecular flexibility index (Phi) is 3.69. The van der Waals surface area contributed by atoms with Gasteiger partial charge in [-0.1, -0.05) is 37.3 Å². The second-order valence-electron chi connectivity index (χ2n) is 3.55. The summed E-state index contributed by atoms with van der Waals surface area (Å²) in [5.41, 5.74) is 1.32. The summed E-state index contributed by atoms with van der Waals surface area (Å²) in [7, 11) is 0. The minimum atomic E-state index is 0.280. The molecule has 0 spiro atoms. The molecule has 1 atom stereocenters. The lowest BCUT2D eigenvalue weighted by molar-refractivity contribution is -0.117. The van der Waals surface area contributed by atoms with Crippen LogP contribution < -0.4 is 0 Å². The van der Waals surface area contributed by atoms with Crippen molar-refractivity contribution in [1.29, 1.82) is 0 Å². The van der Waals surface area contributed by atoms with Gasteiger partial charge < -0.3 is 4.79 Å². The number of hydrogen-bond acceptors (Lipinski definition) is 1. The van der Waals surface area contributed by atoms with E-state index < -0.39 is 0 Å². The minimum absolute atomic E-state index is 0.280. The minimum Gasteiger partial charge on any atom is -0.300 e. The van der Waals surface area contributed by atoms with Crippen molar-refractivity contribution in [3.05, 3.63) is 35.9 Å². The summed E-state index contributed by atoms with van der Waals surface area (Å²) in [4.78, 5) is 10.8. The Morgan fingerprint density at radius 2 is 1.92 bits per heavy atom. The predicted octanol–water partition coefficient (Wildman–Crippen LogP) is 3.16. The van der Waals surface area contributed by atoms with E-state index in [1.165, 1.54) is 5.56 Å². The van der Waals surface area contributed by atoms with E-state index >= 15 is 0 Å². The van der Waals surface area contributed by atoms with Crippen molar-refractivity contribution in [1.82, 2.24) is 0 Å². The standard InChI is InChI=1S/C12H16O/c1-10(8-9-11(2)13)12-6-4-3-5-7-12/h3-7,10H,8-9H2,1-2H3/t10-/m1/s1. The molecule has 1 aromatic carbocycles. The van der Waals surface area contributed by atoms with Gasteiger partial charge in [0.15, 0.2) is 0 Å². The molecule has 0 bridgehead atoms. The highest BCUT2D eigenvalue weighted by molar-refractivity contribution is 5.75. The second kappa shape index (κ2) is 4.80. The smallest absolute Gasteiger partial charge is 0.129 e. The Bertz CT molecular complexity index is 264. The van der Waals surface area contributed by atoms with Crippen LogP contribution in [0.1, 0.15) is 38.2 Å². The highest BCUT2D eigenvalue weighted by Crippen LogP contribution is 2.19. The maximum atomic E-state index is 10.8. The van der Waals surface area contributed by atoms with Crippen molar-refractivity contribution < 1.29 is 4.79 Å². The van der Waals surface area contributed by atoms with Crippen molar-refractivity contribution in [3.63, 3.8) is 0 Å². The van der Waals surface area contributed by atoms with Gasteiger partial charge in [0.05, 0.1) is 0 Å². The Morgan fingerprint density at radius 1 is 1.31 bits per heavy atom. The van der Waals surface area contributed by atoms with Gasteiger partial charge in [0.25, 0.3) is 0 Å². The molecule has 70 valence electrons. The third kappa shape index (κ3) is 3.41. The van der Waals surface area contributed by atoms with Gasteiger partial charge in [-0.05, 0) is 24.8 Å². The summed E-state index contributed by atoms with van der Waals surface area (Å²) >= 11 is 0. The molecule has 0 heterocycles. The number of Topliss-reactive ketones (excluding diaryl/α,β-unsaturated/α-hetero) is 1. The summed E-state index contributed by atoms with van der Waals surface area (Å²) in [5.74, 6) is 0.771. The molecule has 0 radical (unpaired) electrons. The topological polar surface area (TPSA) is 17.1 Å². The first-order valence-electron chi connectivity index (χ1n) is 4.74. The van der Waals surface area contributed by atoms with Gasteiger partial charge in [-0.2, -0.15) is 0 Å². The lowest BCUT2D eigenvalue weighted by atomic mass is 9.95. The molecule has 1 heteroatoms. The first-order chi connectivity index (χ1) is 6.20. The van der Waals surface area contributed by atoms with Crippen molar-refractivity contribution >= 4 is 5.78 Å². The molecule has 0 amide bonds. The fourth-order valence-corrected chi connectivity index (χ4v) is 1.37. The van der Waals surface area contributed by atoms with Crippen LogP contribution in [0.15, 0.2) is 30.3 Å². The normalized spacial score (nSPS) is 12.5. The van der Waals surface area contributed by atoms with Gasteiger partial charge in [-0.25, -0.2) is 0 Å². The van der Waals surface area contributed by atoms with Gasteiger partial charge in [0, 0.05) is 6.42 Å². The van der Waals surface area contributed by atoms with Crippen LogP contribution in [0.3, 0.4) is 0 Å². The molecule has 0 aliphatic carbocycles. The van der Waals surface area contributed by atoms with E-state index in [2.05, 4.69) is 19.1 Å². The zero-order valence-corrected chi connectivity index (χ0v) is 8.29. The summed E-state index contributed by atoms with van der Waals surface area (Å²) in [6.07, 6.45) is 1.65. The van der Waals surface area contributed by atoms with Crippen LogP contribution >= 0.6 is 0 Å². The van der Waals surface area contributed by atoms with Crippen LogP contribution in [0.2, 0.25) is 0 Å². The van der Waals surface area contributed by atoms with E-state index in [1.54, 1.807) is 6.92 Å². The largest absolute Gasteiger partial charge is 0.300 e. The third-order valence-corrected chi connectivity index (χ3v) is 2.30. The zero-order valence-electron chi connectivity index (χ0n) is 8.29. The predicted molar refractivity (Wildman–Crippen MR) is 54.8 cm³/mol. The molecular weight excluding hydrogens is 160 g/mol. The van der Waals surface area contributed by atoms with E-state index in [0.717, 1.165) is 6.42 Å². The third-order valence-electron chi connectivity index (χ3n) is 2.30. The van der Waals surface area contributed by atoms with Gasteiger partial charge in [0.2, 0.25) is 0 Å².